The summed E-state index contributed by atoms with van der Waals surface area (Å²) in [7, 11) is 1.87. The van der Waals surface area contributed by atoms with Crippen molar-refractivity contribution in [2.75, 3.05) is 13.7 Å². The van der Waals surface area contributed by atoms with E-state index in [2.05, 4.69) is 10.4 Å². The van der Waals surface area contributed by atoms with E-state index in [9.17, 15) is 5.11 Å². The highest BCUT2D eigenvalue weighted by Gasteiger charge is 2.20. The molecule has 1 unspecified atom stereocenters. The Labute approximate surface area is 84.9 Å². The number of nitrogens with one attached hydrogen (secondary N) is 1. The third-order valence-electron chi connectivity index (χ3n) is 2.62. The smallest absolute Gasteiger partial charge is 0.0611 e. The van der Waals surface area contributed by atoms with Crippen molar-refractivity contribution in [2.24, 2.45) is 0 Å². The molecule has 0 amide bonds. The molecular formula is C10H19N3O. The van der Waals surface area contributed by atoms with Gasteiger partial charge in [0.2, 0.25) is 0 Å². The van der Waals surface area contributed by atoms with Crippen LogP contribution in [0.15, 0.2) is 12.3 Å². The summed E-state index contributed by atoms with van der Waals surface area (Å²) in [5, 5.41) is 16.6. The summed E-state index contributed by atoms with van der Waals surface area (Å²) >= 11 is 0. The fourth-order valence-corrected chi connectivity index (χ4v) is 1.23. The van der Waals surface area contributed by atoms with Crippen LogP contribution in [0.1, 0.15) is 19.0 Å². The molecule has 0 fully saturated rings. The van der Waals surface area contributed by atoms with E-state index in [1.807, 2.05) is 37.8 Å². The summed E-state index contributed by atoms with van der Waals surface area (Å²) in [6, 6.07) is 1.98. The summed E-state index contributed by atoms with van der Waals surface area (Å²) in [6.07, 6.45) is 2.82. The lowest BCUT2D eigenvalue weighted by Crippen LogP contribution is -2.44. The first-order chi connectivity index (χ1) is 6.59. The highest BCUT2D eigenvalue weighted by molar-refractivity contribution is 4.95. The van der Waals surface area contributed by atoms with Crippen LogP contribution in [0.2, 0.25) is 0 Å². The van der Waals surface area contributed by atoms with Crippen LogP contribution in [0.3, 0.4) is 0 Å². The van der Waals surface area contributed by atoms with Gasteiger partial charge in [-0.25, -0.2) is 0 Å². The van der Waals surface area contributed by atoms with Crippen molar-refractivity contribution in [3.05, 3.63) is 18.0 Å². The van der Waals surface area contributed by atoms with Crippen LogP contribution < -0.4 is 5.32 Å². The minimum absolute atomic E-state index is 0.143. The average molecular weight is 197 g/mol. The van der Waals surface area contributed by atoms with E-state index >= 15 is 0 Å². The van der Waals surface area contributed by atoms with E-state index in [4.69, 9.17) is 0 Å². The summed E-state index contributed by atoms with van der Waals surface area (Å²) in [5.74, 6) is 0. The van der Waals surface area contributed by atoms with Crippen LogP contribution in [0.25, 0.3) is 0 Å². The zero-order chi connectivity index (χ0) is 10.6. The Morgan fingerprint density at radius 1 is 1.64 bits per heavy atom. The first kappa shape index (κ1) is 11.2. The van der Waals surface area contributed by atoms with Gasteiger partial charge in [0.15, 0.2) is 0 Å². The number of aliphatic hydroxyl groups is 1. The number of aryl methyl sites for hydroxylation is 2. The van der Waals surface area contributed by atoms with E-state index in [1.54, 1.807) is 0 Å². The molecule has 0 aliphatic rings. The van der Waals surface area contributed by atoms with Gasteiger partial charge in [0.1, 0.15) is 0 Å². The maximum Gasteiger partial charge on any atom is 0.0611 e. The molecule has 14 heavy (non-hydrogen) atoms. The summed E-state index contributed by atoms with van der Waals surface area (Å²) in [5.41, 5.74) is 0.819. The van der Waals surface area contributed by atoms with Crippen LogP contribution in [0, 0.1) is 6.92 Å². The monoisotopic (exact) mass is 197 g/mol. The van der Waals surface area contributed by atoms with Crippen LogP contribution in [-0.2, 0) is 6.54 Å². The lowest BCUT2D eigenvalue weighted by molar-refractivity contribution is 0.167. The quantitative estimate of drug-likeness (QED) is 0.725. The third kappa shape index (κ3) is 2.82. The van der Waals surface area contributed by atoms with Crippen LogP contribution in [-0.4, -0.2) is 34.1 Å². The number of likely N-dealkylation sites (N-methyl/N-ethyl adjacent to an activating group) is 1. The Hall–Kier alpha value is -0.870. The molecule has 0 aromatic carbocycles. The minimum Gasteiger partial charge on any atom is -0.394 e. The summed E-state index contributed by atoms with van der Waals surface area (Å²) in [6.45, 7) is 4.94. The molecule has 0 bridgehead atoms. The van der Waals surface area contributed by atoms with Crippen LogP contribution in [0.4, 0.5) is 0 Å². The number of aliphatic hydroxyl groups excluding tert-OH is 1. The maximum atomic E-state index is 9.18. The number of nitrogens with zero attached hydrogens (tertiary/aromatic N) is 2. The van der Waals surface area contributed by atoms with Crippen LogP contribution in [0.5, 0.6) is 0 Å². The SMILES string of the molecule is CNC(C)(CO)CCn1ccc(C)n1. The van der Waals surface area contributed by atoms with Gasteiger partial charge < -0.3 is 10.4 Å². The molecule has 1 rings (SSSR count). The van der Waals surface area contributed by atoms with Crippen molar-refractivity contribution in [3.8, 4) is 0 Å². The standard InChI is InChI=1S/C10H19N3O/c1-9-4-6-13(12-9)7-5-10(2,8-14)11-3/h4,6,11,14H,5,7-8H2,1-3H3. The highest BCUT2D eigenvalue weighted by atomic mass is 16.3. The Kier molecular flexibility index (Phi) is 3.66. The zero-order valence-electron chi connectivity index (χ0n) is 9.12. The number of rotatable bonds is 5. The van der Waals surface area contributed by atoms with Gasteiger partial charge in [0, 0.05) is 18.3 Å². The molecule has 0 spiro atoms. The molecule has 4 heteroatoms. The molecule has 1 atom stereocenters. The normalized spacial score (nSPS) is 15.4. The Bertz CT molecular complexity index is 279. The van der Waals surface area contributed by atoms with Gasteiger partial charge in [-0.05, 0) is 33.4 Å². The van der Waals surface area contributed by atoms with Gasteiger partial charge in [-0.15, -0.1) is 0 Å². The van der Waals surface area contributed by atoms with Crippen molar-refractivity contribution < 1.29 is 5.11 Å². The number of hydrogen-bond donors (Lipinski definition) is 2. The topological polar surface area (TPSA) is 50.1 Å². The zero-order valence-corrected chi connectivity index (χ0v) is 9.12. The third-order valence-corrected chi connectivity index (χ3v) is 2.62. The molecular weight excluding hydrogens is 178 g/mol. The minimum atomic E-state index is -0.208. The van der Waals surface area contributed by atoms with Gasteiger partial charge in [-0.3, -0.25) is 4.68 Å². The van der Waals surface area contributed by atoms with E-state index < -0.39 is 0 Å². The molecule has 0 saturated carbocycles. The fraction of sp³-hybridized carbons (Fsp3) is 0.700. The van der Waals surface area contributed by atoms with Crippen LogP contribution >= 0.6 is 0 Å². The second-order valence-electron chi connectivity index (χ2n) is 3.94. The van der Waals surface area contributed by atoms with Gasteiger partial charge >= 0.3 is 0 Å². The largest absolute Gasteiger partial charge is 0.394 e. The Balaban J connectivity index is 2.47. The molecule has 2 N–H and O–H groups in total. The second kappa shape index (κ2) is 4.57. The highest BCUT2D eigenvalue weighted by Crippen LogP contribution is 2.09. The van der Waals surface area contributed by atoms with Crippen molar-refractivity contribution in [1.82, 2.24) is 15.1 Å². The van der Waals surface area contributed by atoms with E-state index in [0.717, 1.165) is 18.7 Å². The fourth-order valence-electron chi connectivity index (χ4n) is 1.23. The van der Waals surface area contributed by atoms with Gasteiger partial charge in [0.25, 0.3) is 0 Å². The molecule has 1 aromatic heterocycles. The molecule has 1 aromatic rings. The average Bonchev–Trinajstić information content (AvgIpc) is 2.61. The second-order valence-corrected chi connectivity index (χ2v) is 3.94. The number of hydrogen-bond acceptors (Lipinski definition) is 3. The summed E-state index contributed by atoms with van der Waals surface area (Å²) < 4.78 is 1.90. The van der Waals surface area contributed by atoms with E-state index in [0.29, 0.717) is 0 Å². The molecule has 0 aliphatic carbocycles. The predicted molar refractivity (Wildman–Crippen MR) is 56.1 cm³/mol. The number of aromatic nitrogens is 2. The molecule has 0 saturated heterocycles. The Morgan fingerprint density at radius 2 is 2.36 bits per heavy atom. The van der Waals surface area contributed by atoms with E-state index in [-0.39, 0.29) is 12.1 Å². The first-order valence-electron chi connectivity index (χ1n) is 4.89. The van der Waals surface area contributed by atoms with Gasteiger partial charge in [-0.1, -0.05) is 0 Å². The molecule has 80 valence electrons. The maximum absolute atomic E-state index is 9.18. The van der Waals surface area contributed by atoms with Crippen molar-refractivity contribution >= 4 is 0 Å². The van der Waals surface area contributed by atoms with Gasteiger partial charge in [-0.2, -0.15) is 5.10 Å². The van der Waals surface area contributed by atoms with Crippen molar-refractivity contribution in [1.29, 1.82) is 0 Å². The lowest BCUT2D eigenvalue weighted by Gasteiger charge is -2.26. The molecule has 0 radical (unpaired) electrons. The summed E-state index contributed by atoms with van der Waals surface area (Å²) in [4.78, 5) is 0. The molecule has 4 nitrogen and oxygen atoms in total. The Morgan fingerprint density at radius 3 is 2.79 bits per heavy atom. The molecule has 1 heterocycles. The lowest BCUT2D eigenvalue weighted by atomic mass is 10.00. The predicted octanol–water partition coefficient (Wildman–Crippen LogP) is 0.552. The van der Waals surface area contributed by atoms with Gasteiger partial charge in [0.05, 0.1) is 12.3 Å². The van der Waals surface area contributed by atoms with Crippen molar-refractivity contribution in [2.45, 2.75) is 32.4 Å². The van der Waals surface area contributed by atoms with E-state index in [1.165, 1.54) is 0 Å². The molecule has 0 aliphatic heterocycles. The van der Waals surface area contributed by atoms with Crippen molar-refractivity contribution in [3.63, 3.8) is 0 Å². The first-order valence-corrected chi connectivity index (χ1v) is 4.89.